The average Bonchev–Trinajstić information content (AvgIpc) is 2.22. The first-order valence-corrected chi connectivity index (χ1v) is 5.65. The van der Waals surface area contributed by atoms with Crippen molar-refractivity contribution < 1.29 is 54.7 Å². The van der Waals surface area contributed by atoms with Gasteiger partial charge in [0, 0.05) is 0 Å². The third-order valence-electron chi connectivity index (χ3n) is 1.50. The summed E-state index contributed by atoms with van der Waals surface area (Å²) in [5, 5.41) is 53.4. The number of aliphatic carboxylic acids is 1. The summed E-state index contributed by atoms with van der Waals surface area (Å²) in [5.41, 5.74) is 0. The maximum Gasteiger partial charge on any atom is 2.00 e. The van der Waals surface area contributed by atoms with Gasteiger partial charge in [-0.15, -0.1) is 0 Å². The van der Waals surface area contributed by atoms with Gasteiger partial charge in [-0.2, -0.15) is 7.82 Å². The van der Waals surface area contributed by atoms with E-state index in [2.05, 4.69) is 0 Å². The summed E-state index contributed by atoms with van der Waals surface area (Å²) in [7, 11) is -5.39. The molecule has 20 heavy (non-hydrogen) atoms. The summed E-state index contributed by atoms with van der Waals surface area (Å²) >= 11 is 0. The van der Waals surface area contributed by atoms with Crippen LogP contribution in [-0.2, 0) is 9.36 Å². The van der Waals surface area contributed by atoms with Crippen LogP contribution < -0.4 is 19.8 Å². The molecule has 11 nitrogen and oxygen atoms in total. The van der Waals surface area contributed by atoms with Crippen molar-refractivity contribution in [1.29, 1.82) is 0 Å². The first-order valence-electron chi connectivity index (χ1n) is 4.18. The van der Waals surface area contributed by atoms with Crippen LogP contribution in [0.2, 0.25) is 0 Å². The van der Waals surface area contributed by atoms with Crippen LogP contribution in [0.3, 0.4) is 0 Å². The molecule has 0 aromatic rings. The molecule has 0 spiro atoms. The van der Waals surface area contributed by atoms with Crippen LogP contribution in [0.15, 0.2) is 0 Å². The summed E-state index contributed by atoms with van der Waals surface area (Å²) in [6, 6.07) is 0. The predicted molar refractivity (Wildman–Crippen MR) is 55.2 cm³/mol. The number of hydrogen-bond acceptors (Lipinski definition) is 11. The monoisotopic (exact) mass is 566 g/mol. The van der Waals surface area contributed by atoms with Crippen molar-refractivity contribution in [2.24, 2.45) is 0 Å². The average molecular weight is 565 g/mol. The smallest absolute Gasteiger partial charge is 0.822 e. The van der Waals surface area contributed by atoms with Crippen molar-refractivity contribution in [1.82, 2.24) is 0 Å². The zero-order valence-corrected chi connectivity index (χ0v) is 19.8. The van der Waals surface area contributed by atoms with E-state index in [9.17, 15) is 9.90 Å². The number of aliphatic hydroxyl groups is 5. The van der Waals surface area contributed by atoms with E-state index in [1.54, 1.807) is 0 Å². The van der Waals surface area contributed by atoms with Gasteiger partial charge in [0.25, 0.3) is 0 Å². The van der Waals surface area contributed by atoms with E-state index in [0.717, 1.165) is 0 Å². The molecule has 0 saturated heterocycles. The van der Waals surface area contributed by atoms with Gasteiger partial charge in [-0.1, -0.05) is 0 Å². The molecule has 0 bridgehead atoms. The van der Waals surface area contributed by atoms with Crippen molar-refractivity contribution in [3.8, 4) is 0 Å². The quantitative estimate of drug-likeness (QED) is 0.155. The molecule has 110 valence electrons. The molecule has 0 radical (unpaired) electrons. The van der Waals surface area contributed by atoms with Crippen LogP contribution in [0.4, 0.5) is 0 Å². The number of aliphatic hydroxyl groups excluding tert-OH is 5. The van der Waals surface area contributed by atoms with Crippen molar-refractivity contribution >= 4 is 112 Å². The topological polar surface area (TPSA) is 228 Å². The van der Waals surface area contributed by atoms with Crippen molar-refractivity contribution in [2.75, 3.05) is 6.61 Å². The molecule has 0 aliphatic heterocycles. The minimum Gasteiger partial charge on any atom is -0.822 e. The molecule has 0 saturated carbocycles. The standard InChI is InChI=1S/C6H12O7.2Ba.H3O4P/c7-1-2(8)3(9)4(10)5(11)6(12)13;;;1-5(2,3)4/h2-5,7-11H,1H2,(H,12,13);;;(H3,1,2,3,4)/q;2*+2;/p-4. The van der Waals surface area contributed by atoms with E-state index in [1.165, 1.54) is 0 Å². The Balaban J connectivity index is -0.000000158. The van der Waals surface area contributed by atoms with Crippen LogP contribution in [0, 0.1) is 0 Å². The first-order chi connectivity index (χ1) is 7.91. The molecule has 0 aromatic heterocycles. The molecular weight excluding hydrogens is 554 g/mol. The van der Waals surface area contributed by atoms with E-state index >= 15 is 0 Å². The van der Waals surface area contributed by atoms with Gasteiger partial charge < -0.3 is 54.7 Å². The Bertz CT molecular complexity index is 288. The molecule has 5 N–H and O–H groups in total. The summed E-state index contributed by atoms with van der Waals surface area (Å²) in [5.74, 6) is -1.98. The normalized spacial score (nSPS) is 16.2. The largest absolute Gasteiger partial charge is 2.00 e. The Hall–Kier alpha value is 2.52. The van der Waals surface area contributed by atoms with Crippen LogP contribution >= 0.6 is 7.82 Å². The van der Waals surface area contributed by atoms with Crippen LogP contribution in [0.5, 0.6) is 0 Å². The Labute approximate surface area is 194 Å². The number of phosphoric acid groups is 1. The zero-order valence-electron chi connectivity index (χ0n) is 10.1. The minimum absolute atomic E-state index is 0. The fraction of sp³-hybridized carbons (Fsp3) is 0.833. The third kappa shape index (κ3) is 18.6. The molecule has 4 unspecified atom stereocenters. The summed E-state index contributed by atoms with van der Waals surface area (Å²) in [6.45, 7) is -0.863. The van der Waals surface area contributed by atoms with Crippen molar-refractivity contribution in [3.05, 3.63) is 0 Å². The molecule has 0 heterocycles. The van der Waals surface area contributed by atoms with E-state index in [1.807, 2.05) is 0 Å². The van der Waals surface area contributed by atoms with Crippen molar-refractivity contribution in [2.45, 2.75) is 24.4 Å². The molecular formula is C6H11Ba2O11P. The number of hydrogen-bond donors (Lipinski definition) is 5. The van der Waals surface area contributed by atoms with Crippen LogP contribution in [-0.4, -0.2) is 160 Å². The molecule has 0 amide bonds. The van der Waals surface area contributed by atoms with E-state index < -0.39 is 44.8 Å². The van der Waals surface area contributed by atoms with E-state index in [-0.39, 0.29) is 97.8 Å². The number of carboxylic acids is 1. The second-order valence-electron chi connectivity index (χ2n) is 2.94. The molecule has 0 rings (SSSR count). The van der Waals surface area contributed by atoms with Gasteiger partial charge in [-0.05, 0) is 0 Å². The van der Waals surface area contributed by atoms with Gasteiger partial charge in [-0.3, -0.25) is 0 Å². The third-order valence-corrected chi connectivity index (χ3v) is 1.50. The van der Waals surface area contributed by atoms with Crippen molar-refractivity contribution in [3.63, 3.8) is 0 Å². The fourth-order valence-electron chi connectivity index (χ4n) is 0.662. The second-order valence-corrected chi connectivity index (χ2v) is 3.84. The van der Waals surface area contributed by atoms with E-state index in [0.29, 0.717) is 0 Å². The Morgan fingerprint density at radius 1 is 1.00 bits per heavy atom. The molecule has 0 aromatic carbocycles. The number of rotatable bonds is 5. The summed E-state index contributed by atoms with van der Waals surface area (Å²) < 4.78 is 8.55. The second kappa shape index (κ2) is 15.1. The summed E-state index contributed by atoms with van der Waals surface area (Å²) in [6.07, 6.45) is -8.08. The van der Waals surface area contributed by atoms with Gasteiger partial charge in [-0.25, -0.2) is 0 Å². The maximum atomic E-state index is 9.98. The Morgan fingerprint density at radius 2 is 1.30 bits per heavy atom. The van der Waals surface area contributed by atoms with Gasteiger partial charge >= 0.3 is 97.8 Å². The van der Waals surface area contributed by atoms with Gasteiger partial charge in [0.05, 0.1) is 12.6 Å². The Kier molecular flexibility index (Phi) is 22.9. The van der Waals surface area contributed by atoms with Crippen LogP contribution in [0.1, 0.15) is 0 Å². The minimum atomic E-state index is -5.39. The first kappa shape index (κ1) is 30.4. The predicted octanol–water partition coefficient (Wildman–Crippen LogP) is -8.41. The van der Waals surface area contributed by atoms with Gasteiger partial charge in [0.15, 0.2) is 0 Å². The zero-order chi connectivity index (χ0) is 15.1. The molecule has 0 fully saturated rings. The summed E-state index contributed by atoms with van der Waals surface area (Å²) in [4.78, 5) is 35.6. The SMILES string of the molecule is O=C([O-])C(O)C(O)C(O)C(O)CO.O=P([O-])([O-])[O-].[Ba+2].[Ba+2]. The maximum absolute atomic E-state index is 9.98. The Morgan fingerprint density at radius 3 is 1.50 bits per heavy atom. The van der Waals surface area contributed by atoms with Crippen LogP contribution in [0.25, 0.3) is 0 Å². The fourth-order valence-corrected chi connectivity index (χ4v) is 0.662. The molecule has 14 heteroatoms. The van der Waals surface area contributed by atoms with Gasteiger partial charge in [0.1, 0.15) is 24.4 Å². The molecule has 0 aliphatic rings. The van der Waals surface area contributed by atoms with E-state index in [4.69, 9.17) is 44.8 Å². The number of carbonyl (C=O) groups excluding carboxylic acids is 1. The molecule has 4 atom stereocenters. The number of carboxylic acid groups (broad SMARTS) is 1. The number of carbonyl (C=O) groups is 1. The molecule has 0 aliphatic carbocycles. The van der Waals surface area contributed by atoms with Gasteiger partial charge in [0.2, 0.25) is 0 Å².